The number of aromatic nitrogens is 1. The third kappa shape index (κ3) is 4.19. The molecule has 0 radical (unpaired) electrons. The molecule has 0 saturated carbocycles. The minimum absolute atomic E-state index is 0.0241. The molecule has 2 rings (SSSR count). The summed E-state index contributed by atoms with van der Waals surface area (Å²) in [6.07, 6.45) is 1.64. The molecule has 1 atom stereocenters. The molecule has 1 aliphatic heterocycles. The van der Waals surface area contributed by atoms with Crippen molar-refractivity contribution in [2.75, 3.05) is 29.9 Å². The molecule has 0 aromatic carbocycles. The molecule has 0 aliphatic carbocycles. The standard InChI is InChI=1S/C15H23N3O3S/c1-11(2)17-14-13(5-4-6-16-14)15(19)18-7-8-22(20,21)10-12(3)9-18/h4-6,11-12H,7-10H2,1-3H3,(H,16,17). The van der Waals surface area contributed by atoms with Crippen molar-refractivity contribution in [3.63, 3.8) is 0 Å². The Bertz CT molecular complexity index is 643. The molecule has 7 heteroatoms. The lowest BCUT2D eigenvalue weighted by molar-refractivity contribution is 0.0752. The summed E-state index contributed by atoms with van der Waals surface area (Å²) in [7, 11) is -3.07. The summed E-state index contributed by atoms with van der Waals surface area (Å²) in [5.41, 5.74) is 0.489. The number of amides is 1. The second-order valence-corrected chi connectivity index (χ2v) is 8.40. The Balaban J connectivity index is 2.24. The number of rotatable bonds is 3. The second-order valence-electron chi connectivity index (χ2n) is 6.17. The van der Waals surface area contributed by atoms with Gasteiger partial charge in [-0.15, -0.1) is 0 Å². The monoisotopic (exact) mass is 325 g/mol. The fraction of sp³-hybridized carbons (Fsp3) is 0.600. The summed E-state index contributed by atoms with van der Waals surface area (Å²) >= 11 is 0. The van der Waals surface area contributed by atoms with E-state index in [1.54, 1.807) is 23.2 Å². The number of sulfone groups is 1. The Hall–Kier alpha value is -1.63. The lowest BCUT2D eigenvalue weighted by Gasteiger charge is -2.23. The first kappa shape index (κ1) is 16.7. The van der Waals surface area contributed by atoms with Crippen LogP contribution in [0.4, 0.5) is 5.82 Å². The van der Waals surface area contributed by atoms with Gasteiger partial charge >= 0.3 is 0 Å². The third-order valence-corrected chi connectivity index (χ3v) is 5.37. The van der Waals surface area contributed by atoms with Crippen molar-refractivity contribution in [2.45, 2.75) is 26.8 Å². The van der Waals surface area contributed by atoms with Gasteiger partial charge in [0.25, 0.3) is 5.91 Å². The van der Waals surface area contributed by atoms with Gasteiger partial charge in [-0.2, -0.15) is 0 Å². The molecule has 1 aromatic heterocycles. The maximum atomic E-state index is 12.8. The summed E-state index contributed by atoms with van der Waals surface area (Å²) in [6, 6.07) is 3.60. The van der Waals surface area contributed by atoms with Crippen LogP contribution in [0, 0.1) is 5.92 Å². The lowest BCUT2D eigenvalue weighted by Crippen LogP contribution is -2.36. The number of carbonyl (C=O) groups is 1. The Morgan fingerprint density at radius 1 is 1.45 bits per heavy atom. The normalized spacial score (nSPS) is 21.5. The van der Waals surface area contributed by atoms with E-state index in [0.717, 1.165) is 0 Å². The SMILES string of the molecule is CC1CN(C(=O)c2cccnc2NC(C)C)CCS(=O)(=O)C1. The van der Waals surface area contributed by atoms with Crippen LogP contribution in [0.25, 0.3) is 0 Å². The summed E-state index contributed by atoms with van der Waals surface area (Å²) in [5, 5.41) is 3.16. The second kappa shape index (κ2) is 6.64. The van der Waals surface area contributed by atoms with Crippen LogP contribution in [0.2, 0.25) is 0 Å². The summed E-state index contributed by atoms with van der Waals surface area (Å²) in [6.45, 7) is 6.50. The molecule has 1 aliphatic rings. The van der Waals surface area contributed by atoms with Crippen molar-refractivity contribution in [2.24, 2.45) is 5.92 Å². The molecule has 22 heavy (non-hydrogen) atoms. The van der Waals surface area contributed by atoms with Crippen LogP contribution in [0.5, 0.6) is 0 Å². The van der Waals surface area contributed by atoms with E-state index in [-0.39, 0.29) is 35.9 Å². The van der Waals surface area contributed by atoms with Crippen LogP contribution in [0.3, 0.4) is 0 Å². The van der Waals surface area contributed by atoms with Gasteiger partial charge in [0.2, 0.25) is 0 Å². The van der Waals surface area contributed by atoms with E-state index in [1.165, 1.54) is 0 Å². The number of carbonyl (C=O) groups excluding carboxylic acids is 1. The molecular weight excluding hydrogens is 302 g/mol. The highest BCUT2D eigenvalue weighted by Gasteiger charge is 2.28. The van der Waals surface area contributed by atoms with E-state index in [1.807, 2.05) is 20.8 Å². The van der Waals surface area contributed by atoms with Crippen molar-refractivity contribution in [1.29, 1.82) is 0 Å². The predicted octanol–water partition coefficient (Wildman–Crippen LogP) is 1.41. The summed E-state index contributed by atoms with van der Waals surface area (Å²) in [4.78, 5) is 18.6. The highest BCUT2D eigenvalue weighted by molar-refractivity contribution is 7.91. The number of pyridine rings is 1. The van der Waals surface area contributed by atoms with Gasteiger partial charge in [0.1, 0.15) is 5.82 Å². The van der Waals surface area contributed by atoms with Crippen LogP contribution >= 0.6 is 0 Å². The molecule has 2 heterocycles. The van der Waals surface area contributed by atoms with Gasteiger partial charge in [-0.05, 0) is 31.9 Å². The fourth-order valence-electron chi connectivity index (χ4n) is 2.61. The summed E-state index contributed by atoms with van der Waals surface area (Å²) in [5.74, 6) is 0.481. The number of nitrogens with zero attached hydrogens (tertiary/aromatic N) is 2. The molecule has 6 nitrogen and oxygen atoms in total. The molecule has 0 bridgehead atoms. The number of hydrogen-bond acceptors (Lipinski definition) is 5. The average molecular weight is 325 g/mol. The first-order valence-electron chi connectivity index (χ1n) is 7.50. The zero-order valence-corrected chi connectivity index (χ0v) is 14.1. The van der Waals surface area contributed by atoms with Crippen LogP contribution in [0.1, 0.15) is 31.1 Å². The molecule has 1 N–H and O–H groups in total. The molecular formula is C15H23N3O3S. The molecule has 1 amide bonds. The van der Waals surface area contributed by atoms with Gasteiger partial charge in [0.15, 0.2) is 9.84 Å². The largest absolute Gasteiger partial charge is 0.367 e. The smallest absolute Gasteiger partial charge is 0.257 e. The quantitative estimate of drug-likeness (QED) is 0.909. The Morgan fingerprint density at radius 3 is 2.86 bits per heavy atom. The highest BCUT2D eigenvalue weighted by Crippen LogP contribution is 2.18. The van der Waals surface area contributed by atoms with Crippen LogP contribution < -0.4 is 5.32 Å². The molecule has 122 valence electrons. The molecule has 1 saturated heterocycles. The molecule has 0 spiro atoms. The van der Waals surface area contributed by atoms with E-state index in [9.17, 15) is 13.2 Å². The van der Waals surface area contributed by atoms with Crippen LogP contribution in [-0.4, -0.2) is 54.8 Å². The van der Waals surface area contributed by atoms with E-state index in [2.05, 4.69) is 10.3 Å². The average Bonchev–Trinajstić information content (AvgIpc) is 2.55. The van der Waals surface area contributed by atoms with Crippen molar-refractivity contribution >= 4 is 21.6 Å². The van der Waals surface area contributed by atoms with E-state index >= 15 is 0 Å². The van der Waals surface area contributed by atoms with Gasteiger partial charge in [-0.25, -0.2) is 13.4 Å². The fourth-order valence-corrected chi connectivity index (χ4v) is 4.25. The molecule has 1 aromatic rings. The van der Waals surface area contributed by atoms with Crippen molar-refractivity contribution < 1.29 is 13.2 Å². The molecule has 1 fully saturated rings. The van der Waals surface area contributed by atoms with Gasteiger partial charge in [0.05, 0.1) is 17.1 Å². The Morgan fingerprint density at radius 2 is 2.18 bits per heavy atom. The zero-order chi connectivity index (χ0) is 16.3. The van der Waals surface area contributed by atoms with Crippen molar-refractivity contribution in [1.82, 2.24) is 9.88 Å². The first-order valence-corrected chi connectivity index (χ1v) is 9.32. The van der Waals surface area contributed by atoms with Crippen molar-refractivity contribution in [3.8, 4) is 0 Å². The molecule has 1 unspecified atom stereocenters. The maximum Gasteiger partial charge on any atom is 0.257 e. The van der Waals surface area contributed by atoms with Gasteiger partial charge in [0, 0.05) is 25.3 Å². The van der Waals surface area contributed by atoms with Crippen molar-refractivity contribution in [3.05, 3.63) is 23.9 Å². The maximum absolute atomic E-state index is 12.8. The predicted molar refractivity (Wildman–Crippen MR) is 86.7 cm³/mol. The number of anilines is 1. The van der Waals surface area contributed by atoms with Crippen LogP contribution in [0.15, 0.2) is 18.3 Å². The zero-order valence-electron chi connectivity index (χ0n) is 13.2. The van der Waals surface area contributed by atoms with E-state index in [0.29, 0.717) is 17.9 Å². The minimum atomic E-state index is -3.07. The van der Waals surface area contributed by atoms with E-state index < -0.39 is 9.84 Å². The van der Waals surface area contributed by atoms with Crippen LogP contribution in [-0.2, 0) is 9.84 Å². The Labute approximate surface area is 131 Å². The number of hydrogen-bond donors (Lipinski definition) is 1. The Kier molecular flexibility index (Phi) is 5.05. The summed E-state index contributed by atoms with van der Waals surface area (Å²) < 4.78 is 23.7. The van der Waals surface area contributed by atoms with Gasteiger partial charge in [-0.3, -0.25) is 4.79 Å². The minimum Gasteiger partial charge on any atom is -0.367 e. The highest BCUT2D eigenvalue weighted by atomic mass is 32.2. The third-order valence-electron chi connectivity index (χ3n) is 3.49. The van der Waals surface area contributed by atoms with Gasteiger partial charge < -0.3 is 10.2 Å². The number of nitrogens with one attached hydrogen (secondary N) is 1. The topological polar surface area (TPSA) is 79.4 Å². The van der Waals surface area contributed by atoms with E-state index in [4.69, 9.17) is 0 Å². The first-order chi connectivity index (χ1) is 10.3. The lowest BCUT2D eigenvalue weighted by atomic mass is 10.1. The van der Waals surface area contributed by atoms with Gasteiger partial charge in [-0.1, -0.05) is 6.92 Å².